The van der Waals surface area contributed by atoms with Gasteiger partial charge in [0, 0.05) is 24.8 Å². The molecule has 0 bridgehead atoms. The van der Waals surface area contributed by atoms with E-state index in [4.69, 9.17) is 5.73 Å². The zero-order chi connectivity index (χ0) is 15.1. The van der Waals surface area contributed by atoms with E-state index in [0.29, 0.717) is 13.0 Å². The van der Waals surface area contributed by atoms with Gasteiger partial charge in [0.1, 0.15) is 5.75 Å². The van der Waals surface area contributed by atoms with Crippen LogP contribution in [0.15, 0.2) is 48.7 Å². The highest BCUT2D eigenvalue weighted by Gasteiger charge is 2.16. The summed E-state index contributed by atoms with van der Waals surface area (Å²) in [6.45, 7) is 0.701. The molecule has 112 valence electrons. The molecule has 0 radical (unpaired) electrons. The Balaban J connectivity index is 2.07. The summed E-state index contributed by atoms with van der Waals surface area (Å²) in [5.41, 5.74) is 7.15. The number of aromatic hydroxyl groups is 1. The minimum absolute atomic E-state index is 0.121. The standard InChI is InChI=1S/C16H21N3O2/c17-10-13(20)9-15(14-6-3-4-8-18-14)19-11-12-5-1-2-7-16(12)21/h1-8,13,15,19-21H,9-11,17H2. The first-order valence-electron chi connectivity index (χ1n) is 7.00. The molecule has 1 heterocycles. The van der Waals surface area contributed by atoms with E-state index in [0.717, 1.165) is 11.3 Å². The van der Waals surface area contributed by atoms with Gasteiger partial charge in [-0.2, -0.15) is 0 Å². The first-order chi connectivity index (χ1) is 10.2. The number of hydrogen-bond donors (Lipinski definition) is 4. The highest BCUT2D eigenvalue weighted by atomic mass is 16.3. The molecule has 2 aromatic rings. The lowest BCUT2D eigenvalue weighted by molar-refractivity contribution is 0.155. The maximum Gasteiger partial charge on any atom is 0.120 e. The SMILES string of the molecule is NCC(O)CC(NCc1ccccc1O)c1ccccn1. The van der Waals surface area contributed by atoms with Crippen LogP contribution >= 0.6 is 0 Å². The van der Waals surface area contributed by atoms with E-state index in [2.05, 4.69) is 10.3 Å². The van der Waals surface area contributed by atoms with Gasteiger partial charge in [-0.1, -0.05) is 24.3 Å². The predicted molar refractivity (Wildman–Crippen MR) is 81.6 cm³/mol. The van der Waals surface area contributed by atoms with Crippen molar-refractivity contribution in [3.8, 4) is 5.75 Å². The number of aliphatic hydroxyl groups excluding tert-OH is 1. The zero-order valence-electron chi connectivity index (χ0n) is 11.8. The third kappa shape index (κ3) is 4.53. The molecule has 0 saturated heterocycles. The quantitative estimate of drug-likeness (QED) is 0.616. The van der Waals surface area contributed by atoms with Crippen molar-refractivity contribution >= 4 is 0 Å². The average Bonchev–Trinajstić information content (AvgIpc) is 2.53. The number of pyridine rings is 1. The number of aromatic nitrogens is 1. The molecule has 0 fully saturated rings. The van der Waals surface area contributed by atoms with Crippen LogP contribution in [-0.4, -0.2) is 27.8 Å². The zero-order valence-corrected chi connectivity index (χ0v) is 11.8. The van der Waals surface area contributed by atoms with E-state index < -0.39 is 6.10 Å². The second-order valence-corrected chi connectivity index (χ2v) is 4.94. The van der Waals surface area contributed by atoms with Gasteiger partial charge >= 0.3 is 0 Å². The van der Waals surface area contributed by atoms with Crippen LogP contribution in [0.1, 0.15) is 23.7 Å². The normalized spacial score (nSPS) is 13.8. The Bertz CT molecular complexity index is 548. The fraction of sp³-hybridized carbons (Fsp3) is 0.312. The van der Waals surface area contributed by atoms with Crippen LogP contribution in [0.3, 0.4) is 0 Å². The van der Waals surface area contributed by atoms with E-state index in [1.54, 1.807) is 18.3 Å². The number of para-hydroxylation sites is 1. The Labute approximate surface area is 124 Å². The van der Waals surface area contributed by atoms with E-state index in [1.165, 1.54) is 0 Å². The van der Waals surface area contributed by atoms with E-state index >= 15 is 0 Å². The molecular weight excluding hydrogens is 266 g/mol. The van der Waals surface area contributed by atoms with Crippen molar-refractivity contribution in [2.24, 2.45) is 5.73 Å². The van der Waals surface area contributed by atoms with Crippen molar-refractivity contribution in [2.45, 2.75) is 25.1 Å². The molecule has 0 amide bonds. The van der Waals surface area contributed by atoms with Crippen molar-refractivity contribution in [3.63, 3.8) is 0 Å². The lowest BCUT2D eigenvalue weighted by atomic mass is 10.0. The van der Waals surface area contributed by atoms with E-state index in [9.17, 15) is 10.2 Å². The lowest BCUT2D eigenvalue weighted by Crippen LogP contribution is -2.29. The lowest BCUT2D eigenvalue weighted by Gasteiger charge is -2.21. The number of nitrogens with two attached hydrogens (primary N) is 1. The van der Waals surface area contributed by atoms with Gasteiger partial charge in [0.15, 0.2) is 0 Å². The summed E-state index contributed by atoms with van der Waals surface area (Å²) in [7, 11) is 0. The van der Waals surface area contributed by atoms with Crippen LogP contribution in [0, 0.1) is 0 Å². The minimum atomic E-state index is -0.589. The number of nitrogens with one attached hydrogen (secondary N) is 1. The molecule has 2 unspecified atom stereocenters. The number of phenols is 1. The Morgan fingerprint density at radius 2 is 1.90 bits per heavy atom. The molecule has 5 heteroatoms. The Morgan fingerprint density at radius 1 is 1.14 bits per heavy atom. The van der Waals surface area contributed by atoms with Crippen molar-refractivity contribution in [3.05, 3.63) is 59.9 Å². The van der Waals surface area contributed by atoms with Crippen LogP contribution in [-0.2, 0) is 6.54 Å². The molecule has 2 rings (SSSR count). The Morgan fingerprint density at radius 3 is 2.57 bits per heavy atom. The highest BCUT2D eigenvalue weighted by Crippen LogP contribution is 2.20. The number of aliphatic hydroxyl groups is 1. The number of benzene rings is 1. The van der Waals surface area contributed by atoms with Gasteiger partial charge < -0.3 is 21.3 Å². The monoisotopic (exact) mass is 287 g/mol. The van der Waals surface area contributed by atoms with E-state index in [-0.39, 0.29) is 18.3 Å². The molecule has 1 aromatic carbocycles. The van der Waals surface area contributed by atoms with Crippen LogP contribution in [0.4, 0.5) is 0 Å². The predicted octanol–water partition coefficient (Wildman–Crippen LogP) is 1.33. The van der Waals surface area contributed by atoms with Gasteiger partial charge in [0.25, 0.3) is 0 Å². The van der Waals surface area contributed by atoms with Crippen molar-refractivity contribution in [1.82, 2.24) is 10.3 Å². The summed E-state index contributed by atoms with van der Waals surface area (Å²) < 4.78 is 0. The maximum absolute atomic E-state index is 9.80. The molecule has 1 aromatic heterocycles. The molecule has 0 aliphatic heterocycles. The molecule has 2 atom stereocenters. The second-order valence-electron chi connectivity index (χ2n) is 4.94. The molecule has 5 nitrogen and oxygen atoms in total. The van der Waals surface area contributed by atoms with E-state index in [1.807, 2.05) is 30.3 Å². The van der Waals surface area contributed by atoms with Gasteiger partial charge in [0.2, 0.25) is 0 Å². The molecule has 0 aliphatic carbocycles. The third-order valence-corrected chi connectivity index (χ3v) is 3.36. The fourth-order valence-electron chi connectivity index (χ4n) is 2.15. The first-order valence-corrected chi connectivity index (χ1v) is 7.00. The first kappa shape index (κ1) is 15.4. The number of nitrogens with zero attached hydrogens (tertiary/aromatic N) is 1. The molecule has 21 heavy (non-hydrogen) atoms. The minimum Gasteiger partial charge on any atom is -0.508 e. The Kier molecular flexibility index (Phi) is 5.68. The topological polar surface area (TPSA) is 91.4 Å². The molecular formula is C16H21N3O2. The fourth-order valence-corrected chi connectivity index (χ4v) is 2.15. The summed E-state index contributed by atoms with van der Waals surface area (Å²) >= 11 is 0. The van der Waals surface area contributed by atoms with Crippen molar-refractivity contribution in [1.29, 1.82) is 0 Å². The average molecular weight is 287 g/mol. The summed E-state index contributed by atoms with van der Waals surface area (Å²) in [6.07, 6.45) is 1.61. The molecule has 0 aliphatic rings. The molecule has 5 N–H and O–H groups in total. The van der Waals surface area contributed by atoms with Gasteiger partial charge in [0.05, 0.1) is 17.8 Å². The largest absolute Gasteiger partial charge is 0.508 e. The number of hydrogen-bond acceptors (Lipinski definition) is 5. The highest BCUT2D eigenvalue weighted by molar-refractivity contribution is 5.31. The van der Waals surface area contributed by atoms with Gasteiger partial charge in [-0.3, -0.25) is 4.98 Å². The van der Waals surface area contributed by atoms with Gasteiger partial charge in [-0.15, -0.1) is 0 Å². The van der Waals surface area contributed by atoms with Crippen LogP contribution < -0.4 is 11.1 Å². The van der Waals surface area contributed by atoms with Gasteiger partial charge in [-0.25, -0.2) is 0 Å². The summed E-state index contributed by atoms with van der Waals surface area (Å²) in [5.74, 6) is 0.254. The smallest absolute Gasteiger partial charge is 0.120 e. The summed E-state index contributed by atoms with van der Waals surface area (Å²) in [4.78, 5) is 4.32. The number of rotatable bonds is 7. The maximum atomic E-state index is 9.80. The van der Waals surface area contributed by atoms with Crippen molar-refractivity contribution in [2.75, 3.05) is 6.54 Å². The van der Waals surface area contributed by atoms with Crippen LogP contribution in [0.25, 0.3) is 0 Å². The summed E-state index contributed by atoms with van der Waals surface area (Å²) in [6, 6.07) is 12.7. The van der Waals surface area contributed by atoms with Crippen LogP contribution in [0.2, 0.25) is 0 Å². The molecule has 0 saturated carbocycles. The summed E-state index contributed by atoms with van der Waals surface area (Å²) in [5, 5.41) is 22.9. The second kappa shape index (κ2) is 7.73. The Hall–Kier alpha value is -1.95. The van der Waals surface area contributed by atoms with Crippen LogP contribution in [0.5, 0.6) is 5.75 Å². The van der Waals surface area contributed by atoms with Gasteiger partial charge in [-0.05, 0) is 24.6 Å². The molecule has 0 spiro atoms. The van der Waals surface area contributed by atoms with Crippen molar-refractivity contribution < 1.29 is 10.2 Å². The number of phenolic OH excluding ortho intramolecular Hbond substituents is 1. The third-order valence-electron chi connectivity index (χ3n) is 3.36.